The van der Waals surface area contributed by atoms with Crippen molar-refractivity contribution in [1.29, 1.82) is 0 Å². The van der Waals surface area contributed by atoms with E-state index in [0.717, 1.165) is 35.4 Å². The summed E-state index contributed by atoms with van der Waals surface area (Å²) in [4.78, 5) is 21.1. The van der Waals surface area contributed by atoms with Gasteiger partial charge in [0.05, 0.1) is 7.11 Å². The monoisotopic (exact) mass is 332 g/mol. The molecule has 3 rings (SSSR count). The first-order chi connectivity index (χ1) is 11.1. The SMILES string of the molecule is COc1cc(C(=O)N2CCN(c3nc(C)ns3)CC2)ccc1C. The molecule has 6 nitrogen and oxygen atoms in total. The number of rotatable bonds is 3. The number of methoxy groups -OCH3 is 1. The van der Waals surface area contributed by atoms with Crippen LogP contribution in [0, 0.1) is 13.8 Å². The molecule has 7 heteroatoms. The zero-order valence-corrected chi connectivity index (χ0v) is 14.4. The molecule has 1 saturated heterocycles. The van der Waals surface area contributed by atoms with E-state index in [1.807, 2.05) is 36.9 Å². The fraction of sp³-hybridized carbons (Fsp3) is 0.438. The molecule has 2 aromatic rings. The van der Waals surface area contributed by atoms with Gasteiger partial charge < -0.3 is 14.5 Å². The van der Waals surface area contributed by atoms with Gasteiger partial charge in [-0.05, 0) is 31.5 Å². The molecular formula is C16H20N4O2S. The fourth-order valence-corrected chi connectivity index (χ4v) is 3.38. The molecular weight excluding hydrogens is 312 g/mol. The van der Waals surface area contributed by atoms with Crippen LogP contribution >= 0.6 is 11.5 Å². The zero-order valence-electron chi connectivity index (χ0n) is 13.6. The predicted octanol–water partition coefficient (Wildman–Crippen LogP) is 2.13. The first-order valence-corrected chi connectivity index (χ1v) is 8.35. The highest BCUT2D eigenvalue weighted by Gasteiger charge is 2.24. The van der Waals surface area contributed by atoms with E-state index in [1.54, 1.807) is 7.11 Å². The number of carbonyl (C=O) groups is 1. The molecule has 0 bridgehead atoms. The van der Waals surface area contributed by atoms with Gasteiger partial charge in [0.15, 0.2) is 0 Å². The number of amides is 1. The quantitative estimate of drug-likeness (QED) is 0.862. The van der Waals surface area contributed by atoms with Gasteiger partial charge >= 0.3 is 0 Å². The van der Waals surface area contributed by atoms with Crippen LogP contribution < -0.4 is 9.64 Å². The van der Waals surface area contributed by atoms with E-state index in [1.165, 1.54) is 11.5 Å². The Labute approximate surface area is 139 Å². The van der Waals surface area contributed by atoms with Crippen molar-refractivity contribution >= 4 is 22.6 Å². The lowest BCUT2D eigenvalue weighted by Crippen LogP contribution is -2.48. The van der Waals surface area contributed by atoms with Gasteiger partial charge in [-0.1, -0.05) is 6.07 Å². The third-order valence-electron chi connectivity index (χ3n) is 4.01. The maximum atomic E-state index is 12.7. The summed E-state index contributed by atoms with van der Waals surface area (Å²) in [6, 6.07) is 5.60. The molecule has 23 heavy (non-hydrogen) atoms. The van der Waals surface area contributed by atoms with Crippen molar-refractivity contribution < 1.29 is 9.53 Å². The first kappa shape index (κ1) is 15.7. The molecule has 0 atom stereocenters. The Balaban J connectivity index is 1.66. The van der Waals surface area contributed by atoms with Crippen LogP contribution in [0.4, 0.5) is 5.13 Å². The van der Waals surface area contributed by atoms with Crippen LogP contribution in [0.1, 0.15) is 21.7 Å². The number of piperazine rings is 1. The number of carbonyl (C=O) groups excluding carboxylic acids is 1. The molecule has 0 radical (unpaired) electrons. The summed E-state index contributed by atoms with van der Waals surface area (Å²) >= 11 is 1.41. The smallest absolute Gasteiger partial charge is 0.254 e. The molecule has 2 heterocycles. The summed E-state index contributed by atoms with van der Waals surface area (Å²) in [6.07, 6.45) is 0. The van der Waals surface area contributed by atoms with Gasteiger partial charge in [-0.3, -0.25) is 4.79 Å². The minimum Gasteiger partial charge on any atom is -0.496 e. The van der Waals surface area contributed by atoms with Crippen LogP contribution in [-0.2, 0) is 0 Å². The average Bonchev–Trinajstić information content (AvgIpc) is 3.01. The summed E-state index contributed by atoms with van der Waals surface area (Å²) in [5, 5.41) is 0.937. The molecule has 1 amide bonds. The minimum absolute atomic E-state index is 0.0522. The highest BCUT2D eigenvalue weighted by Crippen LogP contribution is 2.22. The Morgan fingerprint density at radius 1 is 1.22 bits per heavy atom. The summed E-state index contributed by atoms with van der Waals surface area (Å²) in [5.41, 5.74) is 1.70. The minimum atomic E-state index is 0.0522. The number of benzene rings is 1. The van der Waals surface area contributed by atoms with Crippen molar-refractivity contribution in [2.45, 2.75) is 13.8 Å². The predicted molar refractivity (Wildman–Crippen MR) is 90.5 cm³/mol. The molecule has 1 aromatic carbocycles. The Morgan fingerprint density at radius 2 is 1.96 bits per heavy atom. The number of ether oxygens (including phenoxy) is 1. The second-order valence-electron chi connectivity index (χ2n) is 5.59. The average molecular weight is 332 g/mol. The van der Waals surface area contributed by atoms with Crippen LogP contribution in [0.5, 0.6) is 5.75 Å². The van der Waals surface area contributed by atoms with Gasteiger partial charge in [-0.15, -0.1) is 0 Å². The van der Waals surface area contributed by atoms with Crippen LogP contribution in [0.3, 0.4) is 0 Å². The van der Waals surface area contributed by atoms with E-state index in [-0.39, 0.29) is 5.91 Å². The molecule has 0 aliphatic carbocycles. The Morgan fingerprint density at radius 3 is 2.57 bits per heavy atom. The molecule has 0 unspecified atom stereocenters. The van der Waals surface area contributed by atoms with Crippen molar-refractivity contribution in [1.82, 2.24) is 14.3 Å². The van der Waals surface area contributed by atoms with Crippen molar-refractivity contribution in [3.8, 4) is 5.75 Å². The van der Waals surface area contributed by atoms with Crippen molar-refractivity contribution in [2.24, 2.45) is 0 Å². The number of nitrogens with zero attached hydrogens (tertiary/aromatic N) is 4. The lowest BCUT2D eigenvalue weighted by Gasteiger charge is -2.34. The molecule has 0 N–H and O–H groups in total. The molecule has 1 aliphatic rings. The van der Waals surface area contributed by atoms with Gasteiger partial charge in [0.25, 0.3) is 5.91 Å². The number of anilines is 1. The van der Waals surface area contributed by atoms with Crippen LogP contribution in [0.15, 0.2) is 18.2 Å². The van der Waals surface area contributed by atoms with Gasteiger partial charge in [0.1, 0.15) is 11.6 Å². The second kappa shape index (κ2) is 6.54. The van der Waals surface area contributed by atoms with Crippen LogP contribution in [0.25, 0.3) is 0 Å². The summed E-state index contributed by atoms with van der Waals surface area (Å²) < 4.78 is 9.52. The van der Waals surface area contributed by atoms with Gasteiger partial charge in [-0.2, -0.15) is 4.37 Å². The number of hydrogen-bond donors (Lipinski definition) is 0. The van der Waals surface area contributed by atoms with E-state index in [4.69, 9.17) is 4.74 Å². The maximum Gasteiger partial charge on any atom is 0.254 e. The summed E-state index contributed by atoms with van der Waals surface area (Å²) in [5.74, 6) is 1.60. The lowest BCUT2D eigenvalue weighted by molar-refractivity contribution is 0.0746. The summed E-state index contributed by atoms with van der Waals surface area (Å²) in [7, 11) is 1.62. The Bertz CT molecular complexity index is 708. The van der Waals surface area contributed by atoms with E-state index in [0.29, 0.717) is 18.7 Å². The lowest BCUT2D eigenvalue weighted by atomic mass is 10.1. The molecule has 1 aromatic heterocycles. The topological polar surface area (TPSA) is 58.6 Å². The van der Waals surface area contributed by atoms with E-state index in [2.05, 4.69) is 14.3 Å². The third kappa shape index (κ3) is 3.29. The zero-order chi connectivity index (χ0) is 16.4. The Hall–Kier alpha value is -2.15. The fourth-order valence-electron chi connectivity index (χ4n) is 2.65. The third-order valence-corrected chi connectivity index (χ3v) is 4.88. The number of aromatic nitrogens is 2. The maximum absolute atomic E-state index is 12.7. The van der Waals surface area contributed by atoms with Crippen LogP contribution in [-0.4, -0.2) is 53.5 Å². The standard InChI is InChI=1S/C16H20N4O2S/c1-11-4-5-13(10-14(11)22-3)15(21)19-6-8-20(9-7-19)16-17-12(2)18-23-16/h4-5,10H,6-9H2,1-3H3. The Kier molecular flexibility index (Phi) is 4.47. The molecule has 122 valence electrons. The van der Waals surface area contributed by atoms with Crippen molar-refractivity contribution in [3.05, 3.63) is 35.2 Å². The van der Waals surface area contributed by atoms with Gasteiger partial charge in [-0.25, -0.2) is 4.98 Å². The molecule has 1 fully saturated rings. The van der Waals surface area contributed by atoms with E-state index in [9.17, 15) is 4.79 Å². The number of hydrogen-bond acceptors (Lipinski definition) is 6. The van der Waals surface area contributed by atoms with Crippen molar-refractivity contribution in [2.75, 3.05) is 38.2 Å². The molecule has 1 aliphatic heterocycles. The normalized spacial score (nSPS) is 14.9. The summed E-state index contributed by atoms with van der Waals surface area (Å²) in [6.45, 7) is 6.80. The van der Waals surface area contributed by atoms with Crippen molar-refractivity contribution in [3.63, 3.8) is 0 Å². The highest BCUT2D eigenvalue weighted by molar-refractivity contribution is 7.09. The largest absolute Gasteiger partial charge is 0.496 e. The molecule has 0 spiro atoms. The number of aryl methyl sites for hydroxylation is 2. The second-order valence-corrected chi connectivity index (χ2v) is 6.32. The highest BCUT2D eigenvalue weighted by atomic mass is 32.1. The van der Waals surface area contributed by atoms with Gasteiger partial charge in [0.2, 0.25) is 5.13 Å². The van der Waals surface area contributed by atoms with E-state index < -0.39 is 0 Å². The van der Waals surface area contributed by atoms with Gasteiger partial charge in [0, 0.05) is 43.3 Å². The van der Waals surface area contributed by atoms with Crippen LogP contribution in [0.2, 0.25) is 0 Å². The first-order valence-electron chi connectivity index (χ1n) is 7.57. The van der Waals surface area contributed by atoms with E-state index >= 15 is 0 Å². The molecule has 0 saturated carbocycles.